The number of amides is 1. The molecular formula is C14H23NO4. The fourth-order valence-electron chi connectivity index (χ4n) is 2.80. The number of rotatable bonds is 3. The van der Waals surface area contributed by atoms with Gasteiger partial charge in [0.25, 0.3) is 0 Å². The fourth-order valence-corrected chi connectivity index (χ4v) is 2.80. The van der Waals surface area contributed by atoms with Crippen molar-refractivity contribution in [1.29, 1.82) is 0 Å². The van der Waals surface area contributed by atoms with Crippen LogP contribution in [0.15, 0.2) is 0 Å². The van der Waals surface area contributed by atoms with E-state index in [1.54, 1.807) is 20.8 Å². The Kier molecular flexibility index (Phi) is 3.49. The molecule has 2 fully saturated rings. The summed E-state index contributed by atoms with van der Waals surface area (Å²) in [7, 11) is 1.34. The van der Waals surface area contributed by atoms with E-state index in [0.717, 1.165) is 12.8 Å². The molecule has 0 saturated heterocycles. The van der Waals surface area contributed by atoms with E-state index in [1.807, 2.05) is 0 Å². The molecule has 0 aliphatic heterocycles. The van der Waals surface area contributed by atoms with E-state index in [9.17, 15) is 9.59 Å². The highest BCUT2D eigenvalue weighted by atomic mass is 16.6. The SMILES string of the molecule is COC(=O)[C@@H](NC(=O)OC(C)(C)C)C1CC2(CC2)C1. The summed E-state index contributed by atoms with van der Waals surface area (Å²) in [4.78, 5) is 23.6. The van der Waals surface area contributed by atoms with Crippen molar-refractivity contribution in [2.45, 2.75) is 58.1 Å². The molecule has 2 saturated carbocycles. The van der Waals surface area contributed by atoms with Crippen molar-refractivity contribution in [2.24, 2.45) is 11.3 Å². The third kappa shape index (κ3) is 3.39. The minimum absolute atomic E-state index is 0.183. The van der Waals surface area contributed by atoms with E-state index in [1.165, 1.54) is 20.0 Å². The number of esters is 1. The largest absolute Gasteiger partial charge is 0.467 e. The van der Waals surface area contributed by atoms with Crippen LogP contribution >= 0.6 is 0 Å². The first kappa shape index (κ1) is 14.2. The van der Waals surface area contributed by atoms with Crippen molar-refractivity contribution in [3.05, 3.63) is 0 Å². The smallest absolute Gasteiger partial charge is 0.408 e. The van der Waals surface area contributed by atoms with Crippen molar-refractivity contribution < 1.29 is 19.1 Å². The second-order valence-electron chi connectivity index (χ2n) is 6.82. The number of nitrogens with one attached hydrogen (secondary N) is 1. The average molecular weight is 269 g/mol. The zero-order valence-electron chi connectivity index (χ0n) is 12.1. The number of methoxy groups -OCH3 is 1. The maximum atomic E-state index is 11.8. The van der Waals surface area contributed by atoms with E-state index in [0.29, 0.717) is 5.41 Å². The lowest BCUT2D eigenvalue weighted by Gasteiger charge is -2.40. The lowest BCUT2D eigenvalue weighted by atomic mass is 9.68. The second kappa shape index (κ2) is 4.69. The molecular weight excluding hydrogens is 246 g/mol. The predicted octanol–water partition coefficient (Wildman–Crippen LogP) is 2.24. The number of hydrogen-bond donors (Lipinski definition) is 1. The van der Waals surface area contributed by atoms with Gasteiger partial charge in [-0.15, -0.1) is 0 Å². The molecule has 108 valence electrons. The van der Waals surface area contributed by atoms with E-state index in [-0.39, 0.29) is 11.9 Å². The van der Waals surface area contributed by atoms with Gasteiger partial charge in [0.05, 0.1) is 7.11 Å². The molecule has 2 rings (SSSR count). The monoisotopic (exact) mass is 269 g/mol. The Morgan fingerprint density at radius 2 is 1.84 bits per heavy atom. The molecule has 2 aliphatic carbocycles. The molecule has 0 aromatic heterocycles. The zero-order valence-corrected chi connectivity index (χ0v) is 12.1. The predicted molar refractivity (Wildman–Crippen MR) is 69.6 cm³/mol. The molecule has 0 heterocycles. The lowest BCUT2D eigenvalue weighted by molar-refractivity contribution is -0.146. The Hall–Kier alpha value is -1.26. The van der Waals surface area contributed by atoms with E-state index >= 15 is 0 Å². The van der Waals surface area contributed by atoms with Crippen LogP contribution in [0.4, 0.5) is 4.79 Å². The Balaban J connectivity index is 1.91. The highest BCUT2D eigenvalue weighted by Crippen LogP contribution is 2.64. The normalized spacial score (nSPS) is 22.3. The number of ether oxygens (including phenoxy) is 2. The molecule has 1 amide bonds. The first-order chi connectivity index (χ1) is 8.75. The second-order valence-corrected chi connectivity index (χ2v) is 6.82. The highest BCUT2D eigenvalue weighted by Gasteiger charge is 2.56. The Labute approximate surface area is 114 Å². The molecule has 5 nitrogen and oxygen atoms in total. The third-order valence-electron chi connectivity index (χ3n) is 3.95. The fraction of sp³-hybridized carbons (Fsp3) is 0.857. The van der Waals surface area contributed by atoms with Crippen LogP contribution in [0.1, 0.15) is 46.5 Å². The van der Waals surface area contributed by atoms with Gasteiger partial charge in [-0.3, -0.25) is 0 Å². The number of carbonyl (C=O) groups excluding carboxylic acids is 2. The van der Waals surface area contributed by atoms with Crippen LogP contribution in [-0.4, -0.2) is 30.8 Å². The van der Waals surface area contributed by atoms with Gasteiger partial charge in [0, 0.05) is 0 Å². The maximum Gasteiger partial charge on any atom is 0.408 e. The van der Waals surface area contributed by atoms with Gasteiger partial charge < -0.3 is 14.8 Å². The molecule has 1 N–H and O–H groups in total. The first-order valence-corrected chi connectivity index (χ1v) is 6.82. The van der Waals surface area contributed by atoms with Gasteiger partial charge in [0.1, 0.15) is 11.6 Å². The van der Waals surface area contributed by atoms with Crippen LogP contribution in [0.5, 0.6) is 0 Å². The van der Waals surface area contributed by atoms with Gasteiger partial charge in [0.2, 0.25) is 0 Å². The molecule has 0 radical (unpaired) electrons. The summed E-state index contributed by atoms with van der Waals surface area (Å²) in [6.07, 6.45) is 3.96. The van der Waals surface area contributed by atoms with Crippen LogP contribution < -0.4 is 5.32 Å². The Morgan fingerprint density at radius 1 is 1.26 bits per heavy atom. The van der Waals surface area contributed by atoms with Crippen molar-refractivity contribution in [3.63, 3.8) is 0 Å². The van der Waals surface area contributed by atoms with Gasteiger partial charge in [0.15, 0.2) is 0 Å². The summed E-state index contributed by atoms with van der Waals surface area (Å²) in [6, 6.07) is -0.578. The topological polar surface area (TPSA) is 64.6 Å². The summed E-state index contributed by atoms with van der Waals surface area (Å²) >= 11 is 0. The molecule has 0 unspecified atom stereocenters. The highest BCUT2D eigenvalue weighted by molar-refractivity contribution is 5.81. The zero-order chi connectivity index (χ0) is 14.3. The lowest BCUT2D eigenvalue weighted by Crippen LogP contribution is -2.52. The molecule has 2 aliphatic rings. The van der Waals surface area contributed by atoms with Crippen molar-refractivity contribution in [2.75, 3.05) is 7.11 Å². The van der Waals surface area contributed by atoms with Crippen LogP contribution in [0.2, 0.25) is 0 Å². The van der Waals surface area contributed by atoms with Crippen molar-refractivity contribution >= 4 is 12.1 Å². The minimum Gasteiger partial charge on any atom is -0.467 e. The maximum absolute atomic E-state index is 11.8. The van der Waals surface area contributed by atoms with Crippen molar-refractivity contribution in [3.8, 4) is 0 Å². The number of carbonyl (C=O) groups is 2. The third-order valence-corrected chi connectivity index (χ3v) is 3.95. The first-order valence-electron chi connectivity index (χ1n) is 6.82. The van der Waals surface area contributed by atoms with Crippen LogP contribution in [0, 0.1) is 11.3 Å². The van der Waals surface area contributed by atoms with Gasteiger partial charge in [-0.05, 0) is 57.8 Å². The molecule has 0 bridgehead atoms. The molecule has 19 heavy (non-hydrogen) atoms. The minimum atomic E-state index is -0.578. The summed E-state index contributed by atoms with van der Waals surface area (Å²) in [5.41, 5.74) is -0.0887. The summed E-state index contributed by atoms with van der Waals surface area (Å²) in [5.74, 6) is -0.200. The quantitative estimate of drug-likeness (QED) is 0.798. The van der Waals surface area contributed by atoms with E-state index in [4.69, 9.17) is 9.47 Å². The van der Waals surface area contributed by atoms with Crippen LogP contribution in [0.3, 0.4) is 0 Å². The number of hydrogen-bond acceptors (Lipinski definition) is 4. The van der Waals surface area contributed by atoms with E-state index in [2.05, 4.69) is 5.32 Å². The van der Waals surface area contributed by atoms with Gasteiger partial charge in [-0.2, -0.15) is 0 Å². The summed E-state index contributed by atoms with van der Waals surface area (Å²) in [5, 5.41) is 2.66. The summed E-state index contributed by atoms with van der Waals surface area (Å²) < 4.78 is 9.97. The van der Waals surface area contributed by atoms with Gasteiger partial charge in [-0.1, -0.05) is 0 Å². The van der Waals surface area contributed by atoms with Gasteiger partial charge in [-0.25, -0.2) is 9.59 Å². The molecule has 1 spiro atoms. The standard InChI is InChI=1S/C14H23NO4/c1-13(2,3)19-12(17)15-10(11(16)18-4)9-7-14(8-9)5-6-14/h9-10H,5-8H2,1-4H3,(H,15,17)/t10-/m0/s1. The van der Waals surface area contributed by atoms with Gasteiger partial charge >= 0.3 is 12.1 Å². The number of alkyl carbamates (subject to hydrolysis) is 1. The molecule has 1 atom stereocenters. The van der Waals surface area contributed by atoms with Crippen molar-refractivity contribution in [1.82, 2.24) is 5.32 Å². The average Bonchev–Trinajstić information content (AvgIpc) is 3.00. The molecule has 0 aromatic rings. The molecule has 0 aromatic carbocycles. The Bertz CT molecular complexity index is 373. The van der Waals surface area contributed by atoms with Crippen LogP contribution in [0.25, 0.3) is 0 Å². The van der Waals surface area contributed by atoms with Crippen LogP contribution in [-0.2, 0) is 14.3 Å². The Morgan fingerprint density at radius 3 is 2.26 bits per heavy atom. The van der Waals surface area contributed by atoms with E-state index < -0.39 is 17.7 Å². The summed E-state index contributed by atoms with van der Waals surface area (Å²) in [6.45, 7) is 5.38. The molecule has 5 heteroatoms.